The predicted molar refractivity (Wildman–Crippen MR) is 77.0 cm³/mol. The lowest BCUT2D eigenvalue weighted by Gasteiger charge is -2.13. The summed E-state index contributed by atoms with van der Waals surface area (Å²) in [6, 6.07) is 4.72. The molecule has 0 aliphatic heterocycles. The third kappa shape index (κ3) is 3.43. The van der Waals surface area contributed by atoms with Crippen molar-refractivity contribution in [3.05, 3.63) is 40.6 Å². The SMILES string of the molecule is CCCc1nccn1CCNC(C)c1cccs1. The van der Waals surface area contributed by atoms with Crippen molar-refractivity contribution in [1.29, 1.82) is 0 Å². The molecule has 2 aromatic rings. The zero-order valence-corrected chi connectivity index (χ0v) is 11.9. The lowest BCUT2D eigenvalue weighted by molar-refractivity contribution is 0.525. The maximum Gasteiger partial charge on any atom is 0.108 e. The summed E-state index contributed by atoms with van der Waals surface area (Å²) in [5, 5.41) is 5.68. The Hall–Kier alpha value is -1.13. The maximum absolute atomic E-state index is 4.39. The first-order valence-corrected chi connectivity index (χ1v) is 7.46. The van der Waals surface area contributed by atoms with Crippen molar-refractivity contribution in [2.45, 2.75) is 39.3 Å². The molecule has 2 rings (SSSR count). The minimum atomic E-state index is 0.433. The minimum absolute atomic E-state index is 0.433. The molecule has 0 radical (unpaired) electrons. The fourth-order valence-corrected chi connectivity index (χ4v) is 2.79. The van der Waals surface area contributed by atoms with E-state index in [9.17, 15) is 0 Å². The Morgan fingerprint density at radius 2 is 2.39 bits per heavy atom. The monoisotopic (exact) mass is 263 g/mol. The van der Waals surface area contributed by atoms with Crippen molar-refractivity contribution in [3.8, 4) is 0 Å². The van der Waals surface area contributed by atoms with Gasteiger partial charge in [0.1, 0.15) is 5.82 Å². The summed E-state index contributed by atoms with van der Waals surface area (Å²) in [5.41, 5.74) is 0. The Bertz CT molecular complexity index is 447. The molecule has 0 bridgehead atoms. The van der Waals surface area contributed by atoms with Crippen LogP contribution in [0, 0.1) is 0 Å². The van der Waals surface area contributed by atoms with Crippen molar-refractivity contribution in [2.75, 3.05) is 6.54 Å². The van der Waals surface area contributed by atoms with Crippen LogP contribution in [-0.4, -0.2) is 16.1 Å². The molecule has 0 fully saturated rings. The van der Waals surface area contributed by atoms with E-state index in [-0.39, 0.29) is 0 Å². The first-order chi connectivity index (χ1) is 8.81. The first kappa shape index (κ1) is 13.3. The summed E-state index contributed by atoms with van der Waals surface area (Å²) < 4.78 is 2.25. The van der Waals surface area contributed by atoms with Crippen molar-refractivity contribution in [2.24, 2.45) is 0 Å². The Kier molecular flexibility index (Phi) is 4.96. The second-order valence-corrected chi connectivity index (χ2v) is 5.46. The number of nitrogens with zero attached hydrogens (tertiary/aromatic N) is 2. The molecule has 0 saturated carbocycles. The molecular weight excluding hydrogens is 242 g/mol. The fraction of sp³-hybridized carbons (Fsp3) is 0.500. The van der Waals surface area contributed by atoms with Gasteiger partial charge in [0, 0.05) is 42.8 Å². The van der Waals surface area contributed by atoms with Crippen LogP contribution in [0.3, 0.4) is 0 Å². The number of hydrogen-bond donors (Lipinski definition) is 1. The van der Waals surface area contributed by atoms with Gasteiger partial charge in [-0.25, -0.2) is 4.98 Å². The van der Waals surface area contributed by atoms with Crippen LogP contribution in [0.2, 0.25) is 0 Å². The average molecular weight is 263 g/mol. The van der Waals surface area contributed by atoms with Gasteiger partial charge >= 0.3 is 0 Å². The normalized spacial score (nSPS) is 12.8. The third-order valence-corrected chi connectivity index (χ3v) is 4.10. The van der Waals surface area contributed by atoms with Gasteiger partial charge in [-0.15, -0.1) is 11.3 Å². The average Bonchev–Trinajstić information content (AvgIpc) is 3.01. The van der Waals surface area contributed by atoms with Gasteiger partial charge in [0.25, 0.3) is 0 Å². The predicted octanol–water partition coefficient (Wildman–Crippen LogP) is 3.25. The lowest BCUT2D eigenvalue weighted by atomic mass is 10.3. The van der Waals surface area contributed by atoms with E-state index in [1.165, 1.54) is 10.7 Å². The van der Waals surface area contributed by atoms with Gasteiger partial charge in [-0.1, -0.05) is 13.0 Å². The Balaban J connectivity index is 1.79. The van der Waals surface area contributed by atoms with Gasteiger partial charge < -0.3 is 9.88 Å². The molecule has 2 heterocycles. The van der Waals surface area contributed by atoms with Gasteiger partial charge in [0.2, 0.25) is 0 Å². The summed E-state index contributed by atoms with van der Waals surface area (Å²) in [7, 11) is 0. The van der Waals surface area contributed by atoms with E-state index in [1.54, 1.807) is 0 Å². The molecular formula is C14H21N3S. The second-order valence-electron chi connectivity index (χ2n) is 4.48. The summed E-state index contributed by atoms with van der Waals surface area (Å²) in [6.45, 7) is 6.38. The highest BCUT2D eigenvalue weighted by Gasteiger charge is 2.06. The fourth-order valence-electron chi connectivity index (χ4n) is 2.04. The van der Waals surface area contributed by atoms with Crippen molar-refractivity contribution >= 4 is 11.3 Å². The molecule has 0 amide bonds. The molecule has 98 valence electrons. The summed E-state index contributed by atoms with van der Waals surface area (Å²) in [4.78, 5) is 5.79. The minimum Gasteiger partial charge on any atom is -0.334 e. The van der Waals surface area contributed by atoms with Crippen molar-refractivity contribution in [3.63, 3.8) is 0 Å². The van der Waals surface area contributed by atoms with Crippen LogP contribution in [0.4, 0.5) is 0 Å². The maximum atomic E-state index is 4.39. The van der Waals surface area contributed by atoms with Gasteiger partial charge in [0.15, 0.2) is 0 Å². The van der Waals surface area contributed by atoms with E-state index in [4.69, 9.17) is 0 Å². The number of imidazole rings is 1. The van der Waals surface area contributed by atoms with Crippen LogP contribution in [0.15, 0.2) is 29.9 Å². The number of aromatic nitrogens is 2. The highest BCUT2D eigenvalue weighted by Crippen LogP contribution is 2.17. The van der Waals surface area contributed by atoms with E-state index >= 15 is 0 Å². The lowest BCUT2D eigenvalue weighted by Crippen LogP contribution is -2.23. The molecule has 0 aliphatic rings. The molecule has 0 spiro atoms. The van der Waals surface area contributed by atoms with E-state index < -0.39 is 0 Å². The van der Waals surface area contributed by atoms with E-state index in [2.05, 4.69) is 52.4 Å². The van der Waals surface area contributed by atoms with E-state index in [0.29, 0.717) is 6.04 Å². The van der Waals surface area contributed by atoms with E-state index in [1.807, 2.05) is 17.5 Å². The van der Waals surface area contributed by atoms with Crippen molar-refractivity contribution in [1.82, 2.24) is 14.9 Å². The molecule has 2 aromatic heterocycles. The summed E-state index contributed by atoms with van der Waals surface area (Å²) in [5.74, 6) is 1.20. The summed E-state index contributed by atoms with van der Waals surface area (Å²) >= 11 is 1.81. The molecule has 4 heteroatoms. The van der Waals surface area contributed by atoms with Crippen LogP contribution in [-0.2, 0) is 13.0 Å². The highest BCUT2D eigenvalue weighted by atomic mass is 32.1. The molecule has 0 aromatic carbocycles. The topological polar surface area (TPSA) is 29.9 Å². The van der Waals surface area contributed by atoms with Crippen LogP contribution < -0.4 is 5.32 Å². The molecule has 1 unspecified atom stereocenters. The Morgan fingerprint density at radius 1 is 1.50 bits per heavy atom. The number of rotatable bonds is 7. The van der Waals surface area contributed by atoms with Crippen LogP contribution >= 0.6 is 11.3 Å². The zero-order chi connectivity index (χ0) is 12.8. The standard InChI is InChI=1S/C14H21N3S/c1-3-5-14-16-8-10-17(14)9-7-15-12(2)13-6-4-11-18-13/h4,6,8,10-12,15H,3,5,7,9H2,1-2H3. The highest BCUT2D eigenvalue weighted by molar-refractivity contribution is 7.10. The molecule has 1 atom stereocenters. The molecule has 0 saturated heterocycles. The largest absolute Gasteiger partial charge is 0.334 e. The number of thiophene rings is 1. The number of hydrogen-bond acceptors (Lipinski definition) is 3. The first-order valence-electron chi connectivity index (χ1n) is 6.58. The number of nitrogens with one attached hydrogen (secondary N) is 1. The van der Waals surface area contributed by atoms with Crippen LogP contribution in [0.5, 0.6) is 0 Å². The Labute approximate surface area is 113 Å². The molecule has 1 N–H and O–H groups in total. The van der Waals surface area contributed by atoms with Crippen LogP contribution in [0.25, 0.3) is 0 Å². The number of aryl methyl sites for hydroxylation is 1. The molecule has 18 heavy (non-hydrogen) atoms. The van der Waals surface area contributed by atoms with Gasteiger partial charge in [-0.3, -0.25) is 0 Å². The smallest absolute Gasteiger partial charge is 0.108 e. The zero-order valence-electron chi connectivity index (χ0n) is 11.1. The molecule has 0 aliphatic carbocycles. The van der Waals surface area contributed by atoms with E-state index in [0.717, 1.165) is 25.9 Å². The van der Waals surface area contributed by atoms with Gasteiger partial charge in [0.05, 0.1) is 0 Å². The molecule has 3 nitrogen and oxygen atoms in total. The third-order valence-electron chi connectivity index (χ3n) is 3.05. The quantitative estimate of drug-likeness (QED) is 0.831. The van der Waals surface area contributed by atoms with Crippen molar-refractivity contribution < 1.29 is 0 Å². The van der Waals surface area contributed by atoms with Crippen LogP contribution in [0.1, 0.15) is 37.0 Å². The Morgan fingerprint density at radius 3 is 3.11 bits per heavy atom. The second kappa shape index (κ2) is 6.71. The summed E-state index contributed by atoms with van der Waals surface area (Å²) in [6.07, 6.45) is 6.18. The van der Waals surface area contributed by atoms with Gasteiger partial charge in [-0.05, 0) is 24.8 Å². The van der Waals surface area contributed by atoms with Gasteiger partial charge in [-0.2, -0.15) is 0 Å².